The summed E-state index contributed by atoms with van der Waals surface area (Å²) in [5, 5.41) is 5.20. The lowest BCUT2D eigenvalue weighted by atomic mass is 10.1. The molecule has 0 aliphatic carbocycles. The molecule has 2 aromatic carbocycles. The maximum absolute atomic E-state index is 11.6. The normalized spacial score (nSPS) is 11.4. The molecule has 0 aromatic heterocycles. The van der Waals surface area contributed by atoms with E-state index in [0.717, 1.165) is 11.1 Å². The lowest BCUT2D eigenvalue weighted by molar-refractivity contribution is 0.472. The van der Waals surface area contributed by atoms with E-state index in [1.54, 1.807) is 13.0 Å². The Morgan fingerprint density at radius 2 is 1.67 bits per heavy atom. The molecule has 0 aliphatic rings. The number of anilines is 1. The Bertz CT molecular complexity index is 799. The van der Waals surface area contributed by atoms with Crippen LogP contribution in [0.2, 0.25) is 0 Å². The minimum atomic E-state index is -3.85. The molecule has 0 bridgehead atoms. The number of nitrogens with two attached hydrogens (primary N) is 2. The molecule has 4 N–H and O–H groups in total. The second-order valence-electron chi connectivity index (χ2n) is 4.99. The summed E-state index contributed by atoms with van der Waals surface area (Å²) in [6.45, 7) is 5.55. The van der Waals surface area contributed by atoms with Crippen LogP contribution in [0.5, 0.6) is 11.5 Å². The summed E-state index contributed by atoms with van der Waals surface area (Å²) < 4.78 is 29.0. The lowest BCUT2D eigenvalue weighted by Crippen LogP contribution is -2.14. The number of hydrogen-bond acceptors (Lipinski definition) is 4. The van der Waals surface area contributed by atoms with Gasteiger partial charge in [-0.05, 0) is 44.0 Å². The van der Waals surface area contributed by atoms with Crippen molar-refractivity contribution in [2.24, 2.45) is 5.14 Å². The average molecular weight is 306 g/mol. The third-order valence-corrected chi connectivity index (χ3v) is 4.45. The van der Waals surface area contributed by atoms with E-state index in [1.807, 2.05) is 32.0 Å². The van der Waals surface area contributed by atoms with Crippen LogP contribution in [0.15, 0.2) is 35.2 Å². The van der Waals surface area contributed by atoms with Gasteiger partial charge in [-0.1, -0.05) is 12.1 Å². The molecule has 0 aliphatic heterocycles. The molecule has 21 heavy (non-hydrogen) atoms. The molecule has 0 heterocycles. The monoisotopic (exact) mass is 306 g/mol. The van der Waals surface area contributed by atoms with Gasteiger partial charge in [-0.25, -0.2) is 13.6 Å². The van der Waals surface area contributed by atoms with Gasteiger partial charge in [0.25, 0.3) is 0 Å². The van der Waals surface area contributed by atoms with Crippen molar-refractivity contribution in [3.63, 3.8) is 0 Å². The quantitative estimate of drug-likeness (QED) is 0.852. The van der Waals surface area contributed by atoms with E-state index in [1.165, 1.54) is 6.07 Å². The number of sulfonamides is 1. The van der Waals surface area contributed by atoms with Crippen molar-refractivity contribution in [3.8, 4) is 11.5 Å². The van der Waals surface area contributed by atoms with Crippen LogP contribution in [-0.4, -0.2) is 8.42 Å². The summed E-state index contributed by atoms with van der Waals surface area (Å²) in [6, 6.07) is 8.60. The van der Waals surface area contributed by atoms with Gasteiger partial charge in [-0.2, -0.15) is 0 Å². The fraction of sp³-hybridized carbons (Fsp3) is 0.200. The van der Waals surface area contributed by atoms with E-state index in [-0.39, 0.29) is 10.6 Å². The Labute approximate surface area is 124 Å². The molecule has 0 saturated heterocycles. The highest BCUT2D eigenvalue weighted by Crippen LogP contribution is 2.33. The SMILES string of the molecule is Cc1cccc(Oc2cc(N)cc(S(N)(=O)=O)c2C)c1C. The first kappa shape index (κ1) is 15.3. The Kier molecular flexibility index (Phi) is 3.93. The van der Waals surface area contributed by atoms with Gasteiger partial charge < -0.3 is 10.5 Å². The van der Waals surface area contributed by atoms with Gasteiger partial charge in [-0.3, -0.25) is 0 Å². The van der Waals surface area contributed by atoms with E-state index in [4.69, 9.17) is 15.6 Å². The topological polar surface area (TPSA) is 95.4 Å². The van der Waals surface area contributed by atoms with E-state index < -0.39 is 10.0 Å². The molecule has 112 valence electrons. The highest BCUT2D eigenvalue weighted by Gasteiger charge is 2.17. The molecule has 2 rings (SSSR count). The summed E-state index contributed by atoms with van der Waals surface area (Å²) in [5.41, 5.74) is 8.53. The Morgan fingerprint density at radius 3 is 2.29 bits per heavy atom. The molecule has 0 atom stereocenters. The van der Waals surface area contributed by atoms with E-state index in [0.29, 0.717) is 17.1 Å². The van der Waals surface area contributed by atoms with Crippen LogP contribution in [0.1, 0.15) is 16.7 Å². The third-order valence-electron chi connectivity index (χ3n) is 3.42. The molecule has 0 saturated carbocycles. The van der Waals surface area contributed by atoms with Crippen molar-refractivity contribution in [2.75, 3.05) is 5.73 Å². The van der Waals surface area contributed by atoms with Crippen molar-refractivity contribution in [1.82, 2.24) is 0 Å². The smallest absolute Gasteiger partial charge is 0.238 e. The predicted octanol–water partition coefficient (Wildman–Crippen LogP) is 2.63. The van der Waals surface area contributed by atoms with Crippen molar-refractivity contribution in [3.05, 3.63) is 47.0 Å². The maximum Gasteiger partial charge on any atom is 0.238 e. The molecule has 2 aromatic rings. The van der Waals surface area contributed by atoms with Crippen molar-refractivity contribution in [2.45, 2.75) is 25.7 Å². The third kappa shape index (κ3) is 3.17. The van der Waals surface area contributed by atoms with Gasteiger partial charge in [0.05, 0.1) is 4.90 Å². The van der Waals surface area contributed by atoms with Gasteiger partial charge >= 0.3 is 0 Å². The highest BCUT2D eigenvalue weighted by atomic mass is 32.2. The molecule has 0 amide bonds. The van der Waals surface area contributed by atoms with Crippen LogP contribution in [0.25, 0.3) is 0 Å². The Hall–Kier alpha value is -2.05. The Balaban J connectivity index is 2.55. The van der Waals surface area contributed by atoms with Crippen molar-refractivity contribution < 1.29 is 13.2 Å². The molecule has 5 nitrogen and oxygen atoms in total. The number of ether oxygens (including phenoxy) is 1. The number of aryl methyl sites for hydroxylation is 1. The molecular weight excluding hydrogens is 288 g/mol. The predicted molar refractivity (Wildman–Crippen MR) is 83.0 cm³/mol. The van der Waals surface area contributed by atoms with E-state index >= 15 is 0 Å². The largest absolute Gasteiger partial charge is 0.457 e. The fourth-order valence-electron chi connectivity index (χ4n) is 2.04. The molecular formula is C15H18N2O3S. The number of primary sulfonamides is 1. The minimum Gasteiger partial charge on any atom is -0.457 e. The van der Waals surface area contributed by atoms with Crippen LogP contribution < -0.4 is 15.6 Å². The number of hydrogen-bond donors (Lipinski definition) is 2. The summed E-state index contributed by atoms with van der Waals surface area (Å²) in [7, 11) is -3.85. The fourth-order valence-corrected chi connectivity index (χ4v) is 2.86. The Morgan fingerprint density at radius 1 is 1.00 bits per heavy atom. The second kappa shape index (κ2) is 5.38. The summed E-state index contributed by atoms with van der Waals surface area (Å²) in [5.74, 6) is 1.04. The van der Waals surface area contributed by atoms with Gasteiger partial charge in [0.1, 0.15) is 11.5 Å². The zero-order chi connectivity index (χ0) is 15.8. The van der Waals surface area contributed by atoms with Gasteiger partial charge in [0.2, 0.25) is 10.0 Å². The minimum absolute atomic E-state index is 0.0252. The first-order valence-electron chi connectivity index (χ1n) is 6.37. The molecule has 0 spiro atoms. The standard InChI is InChI=1S/C15H18N2O3S/c1-9-5-4-6-13(10(9)2)20-14-7-12(16)8-15(11(14)3)21(17,18)19/h4-8H,16H2,1-3H3,(H2,17,18,19). The van der Waals surface area contributed by atoms with E-state index in [2.05, 4.69) is 0 Å². The zero-order valence-electron chi connectivity index (χ0n) is 12.2. The highest BCUT2D eigenvalue weighted by molar-refractivity contribution is 7.89. The van der Waals surface area contributed by atoms with Crippen LogP contribution in [0.4, 0.5) is 5.69 Å². The van der Waals surface area contributed by atoms with Crippen LogP contribution in [0, 0.1) is 20.8 Å². The summed E-state index contributed by atoms with van der Waals surface area (Å²) in [6.07, 6.45) is 0. The maximum atomic E-state index is 11.6. The van der Waals surface area contributed by atoms with Gasteiger partial charge in [-0.15, -0.1) is 0 Å². The summed E-state index contributed by atoms with van der Waals surface area (Å²) >= 11 is 0. The number of rotatable bonds is 3. The van der Waals surface area contributed by atoms with Crippen molar-refractivity contribution >= 4 is 15.7 Å². The lowest BCUT2D eigenvalue weighted by Gasteiger charge is -2.15. The van der Waals surface area contributed by atoms with Gasteiger partial charge in [0, 0.05) is 17.3 Å². The zero-order valence-corrected chi connectivity index (χ0v) is 13.0. The van der Waals surface area contributed by atoms with Crippen LogP contribution >= 0.6 is 0 Å². The van der Waals surface area contributed by atoms with Crippen LogP contribution in [0.3, 0.4) is 0 Å². The van der Waals surface area contributed by atoms with Crippen molar-refractivity contribution in [1.29, 1.82) is 0 Å². The van der Waals surface area contributed by atoms with E-state index in [9.17, 15) is 8.42 Å². The molecule has 0 fully saturated rings. The number of nitrogen functional groups attached to an aromatic ring is 1. The molecule has 6 heteroatoms. The first-order chi connectivity index (χ1) is 9.70. The van der Waals surface area contributed by atoms with Crippen LogP contribution in [-0.2, 0) is 10.0 Å². The average Bonchev–Trinajstić information content (AvgIpc) is 2.37. The van der Waals surface area contributed by atoms with Gasteiger partial charge in [0.15, 0.2) is 0 Å². The molecule has 0 unspecified atom stereocenters. The second-order valence-corrected chi connectivity index (χ2v) is 6.52. The first-order valence-corrected chi connectivity index (χ1v) is 7.92. The summed E-state index contributed by atoms with van der Waals surface area (Å²) in [4.78, 5) is -0.0252. The number of benzene rings is 2. The molecule has 0 radical (unpaired) electrons.